The predicted octanol–water partition coefficient (Wildman–Crippen LogP) is 3.28. The third-order valence-corrected chi connectivity index (χ3v) is 4.70. The molecule has 1 heterocycles. The Kier molecular flexibility index (Phi) is 5.35. The molecule has 2 rings (SSSR count). The van der Waals surface area contributed by atoms with E-state index in [0.717, 1.165) is 10.0 Å². The number of thiazole rings is 1. The van der Waals surface area contributed by atoms with E-state index in [9.17, 15) is 9.59 Å². The number of imide groups is 1. The molecule has 0 bridgehead atoms. The first-order chi connectivity index (χ1) is 10.0. The molecule has 0 aliphatic heterocycles. The molecule has 21 heavy (non-hydrogen) atoms. The van der Waals surface area contributed by atoms with Gasteiger partial charge in [-0.05, 0) is 26.0 Å². The number of anilines is 1. The van der Waals surface area contributed by atoms with Crippen molar-refractivity contribution >= 4 is 40.7 Å². The van der Waals surface area contributed by atoms with E-state index in [-0.39, 0.29) is 5.91 Å². The minimum absolute atomic E-state index is 0.346. The summed E-state index contributed by atoms with van der Waals surface area (Å²) < 4.78 is 0.818. The van der Waals surface area contributed by atoms with Crippen molar-refractivity contribution in [3.8, 4) is 0 Å². The Bertz CT molecular complexity index is 628. The fourth-order valence-electron chi connectivity index (χ4n) is 1.49. The van der Waals surface area contributed by atoms with Gasteiger partial charge in [0.05, 0.1) is 5.25 Å². The van der Waals surface area contributed by atoms with Crippen molar-refractivity contribution in [3.05, 3.63) is 41.4 Å². The summed E-state index contributed by atoms with van der Waals surface area (Å²) in [4.78, 5) is 27.9. The largest absolute Gasteiger partial charge is 0.325 e. The fourth-order valence-corrected chi connectivity index (χ4v) is 3.47. The van der Waals surface area contributed by atoms with Crippen LogP contribution in [0, 0.1) is 6.92 Å². The Labute approximate surface area is 131 Å². The topological polar surface area (TPSA) is 71.1 Å². The first kappa shape index (κ1) is 15.5. The number of rotatable bonds is 4. The Hall–Kier alpha value is -1.86. The van der Waals surface area contributed by atoms with Crippen molar-refractivity contribution in [3.63, 3.8) is 0 Å². The summed E-state index contributed by atoms with van der Waals surface area (Å²) in [6.45, 7) is 3.64. The second-order valence-electron chi connectivity index (χ2n) is 4.32. The quantitative estimate of drug-likeness (QED) is 0.848. The van der Waals surface area contributed by atoms with Gasteiger partial charge < -0.3 is 5.32 Å². The second-order valence-corrected chi connectivity index (χ2v) is 6.77. The molecule has 0 spiro atoms. The number of hydrogen-bond acceptors (Lipinski definition) is 5. The van der Waals surface area contributed by atoms with Crippen LogP contribution in [0.5, 0.6) is 0 Å². The van der Waals surface area contributed by atoms with Crippen LogP contribution >= 0.6 is 23.1 Å². The molecule has 0 radical (unpaired) electrons. The van der Waals surface area contributed by atoms with Gasteiger partial charge in [-0.3, -0.25) is 10.1 Å². The van der Waals surface area contributed by atoms with Gasteiger partial charge in [0.15, 0.2) is 4.34 Å². The molecule has 110 valence electrons. The molecule has 0 fully saturated rings. The van der Waals surface area contributed by atoms with Crippen LogP contribution in [0.1, 0.15) is 12.6 Å². The minimum atomic E-state index is -0.533. The zero-order valence-corrected chi connectivity index (χ0v) is 13.3. The van der Waals surface area contributed by atoms with Gasteiger partial charge in [0.1, 0.15) is 0 Å². The van der Waals surface area contributed by atoms with E-state index in [1.54, 1.807) is 31.2 Å². The predicted molar refractivity (Wildman–Crippen MR) is 85.8 cm³/mol. The van der Waals surface area contributed by atoms with Crippen LogP contribution in [0.3, 0.4) is 0 Å². The van der Waals surface area contributed by atoms with Crippen molar-refractivity contribution < 1.29 is 9.59 Å². The van der Waals surface area contributed by atoms with Crippen molar-refractivity contribution in [2.45, 2.75) is 23.4 Å². The maximum Gasteiger partial charge on any atom is 0.325 e. The Balaban J connectivity index is 1.84. The first-order valence-electron chi connectivity index (χ1n) is 6.30. The van der Waals surface area contributed by atoms with E-state index >= 15 is 0 Å². The van der Waals surface area contributed by atoms with Gasteiger partial charge in [-0.25, -0.2) is 9.78 Å². The maximum atomic E-state index is 11.9. The van der Waals surface area contributed by atoms with Crippen LogP contribution in [0.2, 0.25) is 0 Å². The third-order valence-electron chi connectivity index (χ3n) is 2.51. The summed E-state index contributed by atoms with van der Waals surface area (Å²) in [7, 11) is 0. The van der Waals surface area contributed by atoms with E-state index in [2.05, 4.69) is 15.6 Å². The molecule has 0 aliphatic rings. The van der Waals surface area contributed by atoms with Crippen LogP contribution < -0.4 is 10.6 Å². The maximum absolute atomic E-state index is 11.9. The number of aryl methyl sites for hydroxylation is 1. The normalized spacial score (nSPS) is 11.7. The zero-order valence-electron chi connectivity index (χ0n) is 11.6. The SMILES string of the molecule is Cc1csc(SC(C)C(=O)NC(=O)Nc2ccccc2)n1. The van der Waals surface area contributed by atoms with E-state index in [0.29, 0.717) is 5.69 Å². The molecular formula is C14H15N3O2S2. The second kappa shape index (κ2) is 7.24. The first-order valence-corrected chi connectivity index (χ1v) is 8.06. The average molecular weight is 321 g/mol. The van der Waals surface area contributed by atoms with Crippen LogP contribution in [0.25, 0.3) is 0 Å². The lowest BCUT2D eigenvalue weighted by atomic mass is 10.3. The highest BCUT2D eigenvalue weighted by Gasteiger charge is 2.18. The summed E-state index contributed by atoms with van der Waals surface area (Å²) in [6, 6.07) is 8.43. The minimum Gasteiger partial charge on any atom is -0.308 e. The van der Waals surface area contributed by atoms with Crippen molar-refractivity contribution in [1.82, 2.24) is 10.3 Å². The molecule has 1 atom stereocenters. The molecule has 0 saturated carbocycles. The molecule has 7 heteroatoms. The number of nitrogens with one attached hydrogen (secondary N) is 2. The molecule has 2 aromatic rings. The molecule has 2 N–H and O–H groups in total. The summed E-state index contributed by atoms with van der Waals surface area (Å²) >= 11 is 2.82. The van der Waals surface area contributed by atoms with Gasteiger partial charge in [0, 0.05) is 16.8 Å². The molecular weight excluding hydrogens is 306 g/mol. The lowest BCUT2D eigenvalue weighted by Crippen LogP contribution is -2.38. The number of thioether (sulfide) groups is 1. The Morgan fingerprint density at radius 3 is 2.62 bits per heavy atom. The van der Waals surface area contributed by atoms with E-state index in [1.807, 2.05) is 18.4 Å². The van der Waals surface area contributed by atoms with Gasteiger partial charge in [0.25, 0.3) is 0 Å². The van der Waals surface area contributed by atoms with E-state index in [4.69, 9.17) is 0 Å². The molecule has 5 nitrogen and oxygen atoms in total. The monoisotopic (exact) mass is 321 g/mol. The Morgan fingerprint density at radius 2 is 2.00 bits per heavy atom. The van der Waals surface area contributed by atoms with Crippen LogP contribution in [0.15, 0.2) is 40.1 Å². The number of carbonyl (C=O) groups excluding carboxylic acids is 2. The van der Waals surface area contributed by atoms with Gasteiger partial charge in [-0.1, -0.05) is 30.0 Å². The highest BCUT2D eigenvalue weighted by atomic mass is 32.2. The highest BCUT2D eigenvalue weighted by molar-refractivity contribution is 8.02. The van der Waals surface area contributed by atoms with Gasteiger partial charge in [-0.15, -0.1) is 11.3 Å². The number of benzene rings is 1. The zero-order chi connectivity index (χ0) is 15.2. The van der Waals surface area contributed by atoms with Gasteiger partial charge >= 0.3 is 6.03 Å². The van der Waals surface area contributed by atoms with Gasteiger partial charge in [-0.2, -0.15) is 0 Å². The summed E-state index contributed by atoms with van der Waals surface area (Å²) in [5, 5.41) is 6.46. The van der Waals surface area contributed by atoms with Crippen LogP contribution in [0.4, 0.5) is 10.5 Å². The number of hydrogen-bond donors (Lipinski definition) is 2. The summed E-state index contributed by atoms with van der Waals surface area (Å²) in [5.74, 6) is -0.346. The number of urea groups is 1. The van der Waals surface area contributed by atoms with Crippen molar-refractivity contribution in [2.75, 3.05) is 5.32 Å². The summed E-state index contributed by atoms with van der Waals surface area (Å²) in [5.41, 5.74) is 1.57. The third kappa shape index (κ3) is 4.87. The van der Waals surface area contributed by atoms with E-state index < -0.39 is 11.3 Å². The van der Waals surface area contributed by atoms with Crippen LogP contribution in [-0.2, 0) is 4.79 Å². The van der Waals surface area contributed by atoms with Crippen molar-refractivity contribution in [1.29, 1.82) is 0 Å². The molecule has 1 aromatic carbocycles. The van der Waals surface area contributed by atoms with Crippen molar-refractivity contribution in [2.24, 2.45) is 0 Å². The lowest BCUT2D eigenvalue weighted by molar-refractivity contribution is -0.119. The highest BCUT2D eigenvalue weighted by Crippen LogP contribution is 2.26. The molecule has 0 saturated heterocycles. The van der Waals surface area contributed by atoms with Gasteiger partial charge in [0.2, 0.25) is 5.91 Å². The number of para-hydroxylation sites is 1. The molecule has 3 amide bonds. The fraction of sp³-hybridized carbons (Fsp3) is 0.214. The number of carbonyl (C=O) groups is 2. The number of amides is 3. The number of nitrogens with zero attached hydrogens (tertiary/aromatic N) is 1. The lowest BCUT2D eigenvalue weighted by Gasteiger charge is -2.10. The standard InChI is InChI=1S/C14H15N3O2S2/c1-9-8-20-14(15-9)21-10(2)12(18)17-13(19)16-11-6-4-3-5-7-11/h3-8,10H,1-2H3,(H2,16,17,18,19). The smallest absolute Gasteiger partial charge is 0.308 e. The molecule has 1 aromatic heterocycles. The average Bonchev–Trinajstić information content (AvgIpc) is 2.85. The Morgan fingerprint density at radius 1 is 1.29 bits per heavy atom. The molecule has 1 unspecified atom stereocenters. The molecule has 0 aliphatic carbocycles. The van der Waals surface area contributed by atoms with E-state index in [1.165, 1.54) is 23.1 Å². The number of aromatic nitrogens is 1. The van der Waals surface area contributed by atoms with Crippen LogP contribution in [-0.4, -0.2) is 22.2 Å². The summed E-state index contributed by atoms with van der Waals surface area (Å²) in [6.07, 6.45) is 0.